The second-order valence-electron chi connectivity index (χ2n) is 8.30. The van der Waals surface area contributed by atoms with Crippen LogP contribution in [0.1, 0.15) is 96.0 Å². The highest BCUT2D eigenvalue weighted by Crippen LogP contribution is 2.26. The van der Waals surface area contributed by atoms with Crippen molar-refractivity contribution in [3.8, 4) is 11.5 Å². The molecule has 0 bridgehead atoms. The monoisotopic (exact) mass is 433 g/mol. The molecule has 0 aliphatic carbocycles. The van der Waals surface area contributed by atoms with Gasteiger partial charge in [-0.1, -0.05) is 70.1 Å². The molecule has 1 amide bonds. The van der Waals surface area contributed by atoms with E-state index >= 15 is 0 Å². The van der Waals surface area contributed by atoms with E-state index in [0.29, 0.717) is 18.7 Å². The zero-order valence-electron chi connectivity index (χ0n) is 19.6. The lowest BCUT2D eigenvalue weighted by molar-refractivity contribution is -0.121. The molecule has 3 N–H and O–H groups in total. The number of amides is 1. The molecule has 1 aromatic carbocycles. The highest BCUT2D eigenvalue weighted by molar-refractivity contribution is 5.75. The number of carbonyl (C=O) groups is 1. The SMILES string of the molecule is CCCCCC[C@@H](O)C/C=C\CCCCCCCC(=O)NCc1ccc(O)c(OC)c1. The number of phenolic OH excluding ortho intramolecular Hbond substituents is 1. The topological polar surface area (TPSA) is 78.8 Å². The van der Waals surface area contributed by atoms with Gasteiger partial charge in [0.2, 0.25) is 5.91 Å². The van der Waals surface area contributed by atoms with Crippen molar-refractivity contribution >= 4 is 5.91 Å². The maximum absolute atomic E-state index is 12.0. The number of rotatable bonds is 18. The standard InChI is InChI=1S/C26H43NO4/c1-3-4-5-12-15-23(28)16-13-10-8-6-7-9-11-14-17-26(30)27-21-22-18-19-24(29)25(20-22)31-2/h10,13,18-20,23,28-29H,3-9,11-12,14-17,21H2,1-2H3,(H,27,30)/b13-10-/t23-/m1/s1. The summed E-state index contributed by atoms with van der Waals surface area (Å²) in [6.07, 6.45) is 17.8. The molecule has 0 saturated carbocycles. The van der Waals surface area contributed by atoms with Gasteiger partial charge in [0.05, 0.1) is 13.2 Å². The molecular weight excluding hydrogens is 390 g/mol. The third-order valence-electron chi connectivity index (χ3n) is 5.47. The first-order valence-electron chi connectivity index (χ1n) is 12.0. The van der Waals surface area contributed by atoms with Gasteiger partial charge in [0.1, 0.15) is 0 Å². The number of aliphatic hydroxyl groups is 1. The minimum atomic E-state index is -0.185. The van der Waals surface area contributed by atoms with Crippen molar-refractivity contribution < 1.29 is 19.7 Å². The number of phenols is 1. The zero-order valence-corrected chi connectivity index (χ0v) is 19.6. The van der Waals surface area contributed by atoms with E-state index in [1.807, 2.05) is 0 Å². The fourth-order valence-electron chi connectivity index (χ4n) is 3.49. The minimum absolute atomic E-state index is 0.0585. The van der Waals surface area contributed by atoms with Crippen LogP contribution in [-0.2, 0) is 11.3 Å². The number of nitrogens with one attached hydrogen (secondary N) is 1. The summed E-state index contributed by atoms with van der Waals surface area (Å²) in [6, 6.07) is 5.09. The average Bonchev–Trinajstić information content (AvgIpc) is 2.77. The van der Waals surface area contributed by atoms with Crippen molar-refractivity contribution in [1.29, 1.82) is 0 Å². The Hall–Kier alpha value is -2.01. The van der Waals surface area contributed by atoms with Gasteiger partial charge in [-0.2, -0.15) is 0 Å². The molecule has 0 radical (unpaired) electrons. The number of aliphatic hydroxyl groups excluding tert-OH is 1. The molecule has 0 unspecified atom stereocenters. The molecule has 0 aromatic heterocycles. The van der Waals surface area contributed by atoms with Gasteiger partial charge in [0.15, 0.2) is 11.5 Å². The molecule has 31 heavy (non-hydrogen) atoms. The van der Waals surface area contributed by atoms with Crippen LogP contribution in [0.15, 0.2) is 30.4 Å². The number of carbonyl (C=O) groups excluding carboxylic acids is 1. The van der Waals surface area contributed by atoms with Crippen LogP contribution in [0.25, 0.3) is 0 Å². The van der Waals surface area contributed by atoms with Gasteiger partial charge in [-0.3, -0.25) is 4.79 Å². The predicted octanol–water partition coefficient (Wildman–Crippen LogP) is 6.03. The smallest absolute Gasteiger partial charge is 0.220 e. The van der Waals surface area contributed by atoms with Crippen molar-refractivity contribution in [1.82, 2.24) is 5.32 Å². The third kappa shape index (κ3) is 13.8. The summed E-state index contributed by atoms with van der Waals surface area (Å²) in [7, 11) is 1.51. The quantitative estimate of drug-likeness (QED) is 0.195. The summed E-state index contributed by atoms with van der Waals surface area (Å²) in [4.78, 5) is 12.0. The van der Waals surface area contributed by atoms with Gasteiger partial charge in [-0.25, -0.2) is 0 Å². The molecule has 176 valence electrons. The lowest BCUT2D eigenvalue weighted by Crippen LogP contribution is -2.22. The van der Waals surface area contributed by atoms with Gasteiger partial charge < -0.3 is 20.3 Å². The molecule has 0 aliphatic rings. The Morgan fingerprint density at radius 2 is 1.81 bits per heavy atom. The number of aromatic hydroxyl groups is 1. The number of benzene rings is 1. The number of methoxy groups -OCH3 is 1. The fraction of sp³-hybridized carbons (Fsp3) is 0.654. The molecule has 0 saturated heterocycles. The number of allylic oxidation sites excluding steroid dienone is 1. The Morgan fingerprint density at radius 1 is 1.06 bits per heavy atom. The average molecular weight is 434 g/mol. The number of hydrogen-bond acceptors (Lipinski definition) is 4. The van der Waals surface area contributed by atoms with E-state index in [2.05, 4.69) is 24.4 Å². The van der Waals surface area contributed by atoms with Crippen molar-refractivity contribution in [2.75, 3.05) is 7.11 Å². The Balaban J connectivity index is 1.97. The molecule has 0 heterocycles. The summed E-state index contributed by atoms with van der Waals surface area (Å²) >= 11 is 0. The Bertz CT molecular complexity index is 630. The summed E-state index contributed by atoms with van der Waals surface area (Å²) in [5, 5.41) is 22.4. The molecule has 0 spiro atoms. The highest BCUT2D eigenvalue weighted by atomic mass is 16.5. The molecule has 1 aromatic rings. The van der Waals surface area contributed by atoms with Crippen LogP contribution < -0.4 is 10.1 Å². The zero-order chi connectivity index (χ0) is 22.7. The van der Waals surface area contributed by atoms with Crippen molar-refractivity contribution in [2.45, 2.75) is 103 Å². The maximum atomic E-state index is 12.0. The number of ether oxygens (including phenoxy) is 1. The van der Waals surface area contributed by atoms with Crippen LogP contribution in [0.4, 0.5) is 0 Å². The van der Waals surface area contributed by atoms with Gasteiger partial charge in [0.25, 0.3) is 0 Å². The largest absolute Gasteiger partial charge is 0.504 e. The van der Waals surface area contributed by atoms with Crippen LogP contribution in [0.2, 0.25) is 0 Å². The Labute approximate surface area is 188 Å². The molecule has 1 atom stereocenters. The normalized spacial score (nSPS) is 12.2. The third-order valence-corrected chi connectivity index (χ3v) is 5.47. The van der Waals surface area contributed by atoms with E-state index in [4.69, 9.17) is 4.74 Å². The van der Waals surface area contributed by atoms with Crippen LogP contribution in [-0.4, -0.2) is 29.3 Å². The van der Waals surface area contributed by atoms with Crippen LogP contribution in [0, 0.1) is 0 Å². The van der Waals surface area contributed by atoms with Crippen molar-refractivity contribution in [3.05, 3.63) is 35.9 Å². The molecule has 5 nitrogen and oxygen atoms in total. The highest BCUT2D eigenvalue weighted by Gasteiger charge is 2.05. The first-order valence-corrected chi connectivity index (χ1v) is 12.0. The summed E-state index contributed by atoms with van der Waals surface area (Å²) < 4.78 is 5.08. The second kappa shape index (κ2) is 17.6. The van der Waals surface area contributed by atoms with Gasteiger partial charge in [-0.15, -0.1) is 0 Å². The second-order valence-corrected chi connectivity index (χ2v) is 8.30. The van der Waals surface area contributed by atoms with E-state index in [0.717, 1.165) is 56.9 Å². The predicted molar refractivity (Wildman–Crippen MR) is 127 cm³/mol. The first kappa shape index (κ1) is 27.0. The van der Waals surface area contributed by atoms with Crippen LogP contribution in [0.5, 0.6) is 11.5 Å². The number of hydrogen-bond donors (Lipinski definition) is 3. The molecule has 0 aliphatic heterocycles. The molecule has 0 fully saturated rings. The van der Waals surface area contributed by atoms with Gasteiger partial charge in [-0.05, 0) is 49.8 Å². The van der Waals surface area contributed by atoms with Crippen LogP contribution >= 0.6 is 0 Å². The van der Waals surface area contributed by atoms with E-state index in [-0.39, 0.29) is 17.8 Å². The van der Waals surface area contributed by atoms with E-state index < -0.39 is 0 Å². The summed E-state index contributed by atoms with van der Waals surface area (Å²) in [6.45, 7) is 2.64. The molecular formula is C26H43NO4. The number of unbranched alkanes of at least 4 members (excludes halogenated alkanes) is 8. The van der Waals surface area contributed by atoms with Crippen molar-refractivity contribution in [3.63, 3.8) is 0 Å². The van der Waals surface area contributed by atoms with E-state index in [1.165, 1.54) is 32.8 Å². The minimum Gasteiger partial charge on any atom is -0.504 e. The van der Waals surface area contributed by atoms with E-state index in [1.54, 1.807) is 18.2 Å². The molecule has 5 heteroatoms. The summed E-state index contributed by atoms with van der Waals surface area (Å²) in [5.74, 6) is 0.576. The lowest BCUT2D eigenvalue weighted by atomic mass is 10.1. The lowest BCUT2D eigenvalue weighted by Gasteiger charge is -2.08. The first-order chi connectivity index (χ1) is 15.1. The maximum Gasteiger partial charge on any atom is 0.220 e. The van der Waals surface area contributed by atoms with Gasteiger partial charge >= 0.3 is 0 Å². The van der Waals surface area contributed by atoms with Crippen molar-refractivity contribution in [2.24, 2.45) is 0 Å². The Kier molecular flexibility index (Phi) is 15.4. The fourth-order valence-corrected chi connectivity index (χ4v) is 3.49. The van der Waals surface area contributed by atoms with Crippen LogP contribution in [0.3, 0.4) is 0 Å². The molecule has 1 rings (SSSR count). The van der Waals surface area contributed by atoms with Gasteiger partial charge in [0, 0.05) is 13.0 Å². The summed E-state index contributed by atoms with van der Waals surface area (Å²) in [5.41, 5.74) is 0.903. The Morgan fingerprint density at radius 3 is 2.58 bits per heavy atom. The van der Waals surface area contributed by atoms with E-state index in [9.17, 15) is 15.0 Å².